The predicted molar refractivity (Wildman–Crippen MR) is 117 cm³/mol. The SMILES string of the molecule is Cc1ccc(CCC(O)C=C[C@@H]2[C@@H](CC=CCCCC(O)CO)[C@@H](O)C[C@H]2O)s1. The third-order valence-electron chi connectivity index (χ3n) is 5.65. The highest BCUT2D eigenvalue weighted by atomic mass is 32.1. The van der Waals surface area contributed by atoms with E-state index in [2.05, 4.69) is 19.1 Å². The Labute approximate surface area is 178 Å². The minimum absolute atomic E-state index is 0.0623. The Balaban J connectivity index is 1.79. The molecular formula is C23H36O5S. The van der Waals surface area contributed by atoms with Crippen LogP contribution in [0.1, 0.15) is 48.3 Å². The zero-order chi connectivity index (χ0) is 21.2. The summed E-state index contributed by atoms with van der Waals surface area (Å²) in [5.41, 5.74) is 0. The summed E-state index contributed by atoms with van der Waals surface area (Å²) in [6, 6.07) is 4.19. The first-order chi connectivity index (χ1) is 13.9. The quantitative estimate of drug-likeness (QED) is 0.262. The van der Waals surface area contributed by atoms with Crippen LogP contribution in [-0.4, -0.2) is 56.6 Å². The molecule has 2 rings (SSSR count). The van der Waals surface area contributed by atoms with Gasteiger partial charge in [-0.25, -0.2) is 0 Å². The van der Waals surface area contributed by atoms with Gasteiger partial charge in [-0.05, 0) is 63.5 Å². The van der Waals surface area contributed by atoms with Gasteiger partial charge < -0.3 is 25.5 Å². The maximum Gasteiger partial charge on any atom is 0.0771 e. The van der Waals surface area contributed by atoms with E-state index in [0.717, 1.165) is 19.3 Å². The maximum absolute atomic E-state index is 10.3. The van der Waals surface area contributed by atoms with Crippen LogP contribution in [0.15, 0.2) is 36.4 Å². The van der Waals surface area contributed by atoms with Crippen LogP contribution in [-0.2, 0) is 6.42 Å². The Kier molecular flexibility index (Phi) is 10.6. The van der Waals surface area contributed by atoms with Crippen molar-refractivity contribution in [3.8, 4) is 0 Å². The lowest BCUT2D eigenvalue weighted by atomic mass is 9.89. The Morgan fingerprint density at radius 2 is 1.93 bits per heavy atom. The van der Waals surface area contributed by atoms with Gasteiger partial charge in [0, 0.05) is 22.1 Å². The molecule has 0 spiro atoms. The van der Waals surface area contributed by atoms with Crippen LogP contribution in [0, 0.1) is 18.8 Å². The van der Waals surface area contributed by atoms with Gasteiger partial charge in [0.1, 0.15) is 0 Å². The van der Waals surface area contributed by atoms with E-state index in [1.54, 1.807) is 17.4 Å². The molecule has 1 aromatic rings. The molecule has 1 aliphatic rings. The van der Waals surface area contributed by atoms with Crippen LogP contribution in [0.2, 0.25) is 0 Å². The van der Waals surface area contributed by atoms with Gasteiger partial charge in [0.15, 0.2) is 0 Å². The number of rotatable bonds is 12. The van der Waals surface area contributed by atoms with Gasteiger partial charge in [-0.2, -0.15) is 0 Å². The molecule has 1 fully saturated rings. The number of unbranched alkanes of at least 4 members (excludes halogenated alkanes) is 1. The Bertz CT molecular complexity index is 641. The first-order valence-corrected chi connectivity index (χ1v) is 11.4. The van der Waals surface area contributed by atoms with Gasteiger partial charge in [0.05, 0.1) is 31.0 Å². The summed E-state index contributed by atoms with van der Waals surface area (Å²) in [4.78, 5) is 2.54. The van der Waals surface area contributed by atoms with Crippen molar-refractivity contribution in [2.75, 3.05) is 6.61 Å². The second-order valence-corrected chi connectivity index (χ2v) is 9.46. The third-order valence-corrected chi connectivity index (χ3v) is 6.71. The Hall–Kier alpha value is -1.02. The minimum atomic E-state index is -0.653. The monoisotopic (exact) mass is 424 g/mol. The lowest BCUT2D eigenvalue weighted by Crippen LogP contribution is -2.20. The van der Waals surface area contributed by atoms with E-state index in [1.165, 1.54) is 9.75 Å². The summed E-state index contributed by atoms with van der Waals surface area (Å²) in [5, 5.41) is 49.0. The summed E-state index contributed by atoms with van der Waals surface area (Å²) in [6.07, 6.45) is 10.0. The van der Waals surface area contributed by atoms with Gasteiger partial charge in [0.2, 0.25) is 0 Å². The normalized spacial score (nSPS) is 27.2. The average Bonchev–Trinajstić information content (AvgIpc) is 3.23. The fourth-order valence-corrected chi connectivity index (χ4v) is 4.81. The smallest absolute Gasteiger partial charge is 0.0771 e. The highest BCUT2D eigenvalue weighted by molar-refractivity contribution is 7.11. The van der Waals surface area contributed by atoms with Crippen LogP contribution in [0.25, 0.3) is 0 Å². The van der Waals surface area contributed by atoms with Crippen molar-refractivity contribution in [1.82, 2.24) is 0 Å². The van der Waals surface area contributed by atoms with Gasteiger partial charge in [0.25, 0.3) is 0 Å². The van der Waals surface area contributed by atoms with Crippen molar-refractivity contribution in [3.05, 3.63) is 46.2 Å². The van der Waals surface area contributed by atoms with E-state index < -0.39 is 24.4 Å². The van der Waals surface area contributed by atoms with Crippen molar-refractivity contribution in [2.45, 2.75) is 76.3 Å². The van der Waals surface area contributed by atoms with Crippen molar-refractivity contribution in [2.24, 2.45) is 11.8 Å². The minimum Gasteiger partial charge on any atom is -0.394 e. The second kappa shape index (κ2) is 12.6. The zero-order valence-electron chi connectivity index (χ0n) is 17.2. The molecule has 5 N–H and O–H groups in total. The van der Waals surface area contributed by atoms with Crippen LogP contribution >= 0.6 is 11.3 Å². The fraction of sp³-hybridized carbons (Fsp3) is 0.652. The van der Waals surface area contributed by atoms with Gasteiger partial charge in [-0.15, -0.1) is 11.3 Å². The molecule has 2 unspecified atom stereocenters. The van der Waals surface area contributed by atoms with Crippen molar-refractivity contribution < 1.29 is 25.5 Å². The number of aliphatic hydroxyl groups excluding tert-OH is 5. The number of aliphatic hydroxyl groups is 5. The zero-order valence-corrected chi connectivity index (χ0v) is 18.0. The van der Waals surface area contributed by atoms with Crippen LogP contribution in [0.4, 0.5) is 0 Å². The molecule has 1 heterocycles. The number of thiophene rings is 1. The van der Waals surface area contributed by atoms with E-state index in [-0.39, 0.29) is 18.4 Å². The van der Waals surface area contributed by atoms with Crippen LogP contribution in [0.5, 0.6) is 0 Å². The second-order valence-electron chi connectivity index (χ2n) is 8.09. The van der Waals surface area contributed by atoms with E-state index in [4.69, 9.17) is 5.11 Å². The lowest BCUT2D eigenvalue weighted by molar-refractivity contribution is 0.0868. The number of aryl methyl sites for hydroxylation is 2. The molecule has 29 heavy (non-hydrogen) atoms. The average molecular weight is 425 g/mol. The molecule has 0 radical (unpaired) electrons. The van der Waals surface area contributed by atoms with Gasteiger partial charge in [-0.1, -0.05) is 24.3 Å². The molecule has 5 nitrogen and oxygen atoms in total. The van der Waals surface area contributed by atoms with Crippen LogP contribution in [0.3, 0.4) is 0 Å². The molecule has 1 aliphatic carbocycles. The van der Waals surface area contributed by atoms with E-state index in [1.807, 2.05) is 18.2 Å². The Morgan fingerprint density at radius 1 is 1.14 bits per heavy atom. The number of allylic oxidation sites excluding steroid dienone is 2. The van der Waals surface area contributed by atoms with E-state index in [0.29, 0.717) is 25.7 Å². The molecule has 164 valence electrons. The van der Waals surface area contributed by atoms with Crippen molar-refractivity contribution >= 4 is 11.3 Å². The van der Waals surface area contributed by atoms with E-state index >= 15 is 0 Å². The molecule has 0 bridgehead atoms. The first kappa shape index (κ1) is 24.3. The highest BCUT2D eigenvalue weighted by Crippen LogP contribution is 2.36. The molecular weight excluding hydrogens is 388 g/mol. The van der Waals surface area contributed by atoms with E-state index in [9.17, 15) is 20.4 Å². The number of hydrogen-bond donors (Lipinski definition) is 5. The Morgan fingerprint density at radius 3 is 2.62 bits per heavy atom. The molecule has 0 aliphatic heterocycles. The predicted octanol–water partition coefficient (Wildman–Crippen LogP) is 2.73. The lowest BCUT2D eigenvalue weighted by Gasteiger charge is -2.19. The molecule has 0 aromatic carbocycles. The summed E-state index contributed by atoms with van der Waals surface area (Å²) in [5.74, 6) is -0.225. The molecule has 1 aromatic heterocycles. The summed E-state index contributed by atoms with van der Waals surface area (Å²) in [7, 11) is 0. The summed E-state index contributed by atoms with van der Waals surface area (Å²) in [6.45, 7) is 1.87. The van der Waals surface area contributed by atoms with Crippen molar-refractivity contribution in [1.29, 1.82) is 0 Å². The molecule has 0 amide bonds. The standard InChI is InChI=1S/C23H36O5S/c1-16-8-11-19(29-16)12-9-17(25)10-13-21-20(22(27)14-23(21)28)7-5-3-2-4-6-18(26)15-24/h3,5,8,10-11,13,17-18,20-28H,2,4,6-7,9,12,14-15H2,1H3/t17?,18?,20-,21-,22+,23-/m1/s1. The third kappa shape index (κ3) is 8.32. The highest BCUT2D eigenvalue weighted by Gasteiger charge is 2.39. The summed E-state index contributed by atoms with van der Waals surface area (Å²) >= 11 is 1.75. The van der Waals surface area contributed by atoms with Crippen molar-refractivity contribution in [3.63, 3.8) is 0 Å². The molecule has 1 saturated carbocycles. The number of hydrogen-bond acceptors (Lipinski definition) is 6. The maximum atomic E-state index is 10.3. The first-order valence-electron chi connectivity index (χ1n) is 10.6. The summed E-state index contributed by atoms with van der Waals surface area (Å²) < 4.78 is 0. The molecule has 6 atom stereocenters. The molecule has 6 heteroatoms. The molecule has 0 saturated heterocycles. The fourth-order valence-electron chi connectivity index (χ4n) is 3.90. The largest absolute Gasteiger partial charge is 0.394 e. The van der Waals surface area contributed by atoms with Gasteiger partial charge in [-0.3, -0.25) is 0 Å². The topological polar surface area (TPSA) is 101 Å². The van der Waals surface area contributed by atoms with Gasteiger partial charge >= 0.3 is 0 Å². The van der Waals surface area contributed by atoms with Crippen LogP contribution < -0.4 is 0 Å².